The van der Waals surface area contributed by atoms with Crippen molar-refractivity contribution in [3.63, 3.8) is 0 Å². The smallest absolute Gasteiger partial charge is 0.168 e. The summed E-state index contributed by atoms with van der Waals surface area (Å²) in [6.45, 7) is 1.67. The zero-order valence-corrected chi connectivity index (χ0v) is 11.7. The molecule has 98 valence electrons. The highest BCUT2D eigenvalue weighted by molar-refractivity contribution is 7.80. The van der Waals surface area contributed by atoms with Gasteiger partial charge >= 0.3 is 0 Å². The summed E-state index contributed by atoms with van der Waals surface area (Å²) in [5.74, 6) is 0.0903. The van der Waals surface area contributed by atoms with Gasteiger partial charge in [0.15, 0.2) is 11.6 Å². The molecule has 0 spiro atoms. The van der Waals surface area contributed by atoms with Crippen molar-refractivity contribution >= 4 is 28.8 Å². The zero-order chi connectivity index (χ0) is 14.0. The number of rotatable bonds is 3. The van der Waals surface area contributed by atoms with Gasteiger partial charge in [0, 0.05) is 5.02 Å². The first kappa shape index (κ1) is 13.8. The van der Waals surface area contributed by atoms with E-state index in [1.165, 1.54) is 0 Å². The molecule has 0 aliphatic rings. The summed E-state index contributed by atoms with van der Waals surface area (Å²) in [5.41, 5.74) is 6.58. The van der Waals surface area contributed by atoms with Gasteiger partial charge in [-0.2, -0.15) is 0 Å². The minimum atomic E-state index is -0.411. The molecule has 0 aliphatic carbocycles. The third-order valence-corrected chi connectivity index (χ3v) is 3.04. The van der Waals surface area contributed by atoms with Gasteiger partial charge in [-0.15, -0.1) is 0 Å². The summed E-state index contributed by atoms with van der Waals surface area (Å²) in [4.78, 5) is 0.144. The van der Waals surface area contributed by atoms with Crippen molar-refractivity contribution in [3.8, 4) is 11.5 Å². The number of hydrogen-bond acceptors (Lipinski definition) is 2. The Morgan fingerprint density at radius 3 is 2.68 bits per heavy atom. The molecule has 0 aromatic heterocycles. The Balaban J connectivity index is 2.44. The van der Waals surface area contributed by atoms with Crippen LogP contribution in [0.5, 0.6) is 11.5 Å². The average Bonchev–Trinajstić information content (AvgIpc) is 2.36. The van der Waals surface area contributed by atoms with Crippen LogP contribution in [0.25, 0.3) is 0 Å². The molecule has 0 radical (unpaired) electrons. The van der Waals surface area contributed by atoms with E-state index in [4.69, 9.17) is 34.3 Å². The monoisotopic (exact) mass is 295 g/mol. The largest absolute Gasteiger partial charge is 0.454 e. The van der Waals surface area contributed by atoms with Crippen molar-refractivity contribution in [2.24, 2.45) is 5.73 Å². The number of thiocarbonyl (C=S) groups is 1. The first-order valence-electron chi connectivity index (χ1n) is 5.51. The fourth-order valence-electron chi connectivity index (χ4n) is 1.60. The minimum absolute atomic E-state index is 0.125. The Morgan fingerprint density at radius 1 is 1.26 bits per heavy atom. The Hall–Kier alpha value is -1.65. The van der Waals surface area contributed by atoms with Gasteiger partial charge in [0.2, 0.25) is 0 Å². The summed E-state index contributed by atoms with van der Waals surface area (Å²) >= 11 is 10.8. The van der Waals surface area contributed by atoms with Gasteiger partial charge in [-0.25, -0.2) is 4.39 Å². The third-order valence-electron chi connectivity index (χ3n) is 2.58. The van der Waals surface area contributed by atoms with Crippen molar-refractivity contribution in [1.29, 1.82) is 0 Å². The second-order valence-electron chi connectivity index (χ2n) is 3.99. The van der Waals surface area contributed by atoms with Crippen LogP contribution < -0.4 is 10.5 Å². The van der Waals surface area contributed by atoms with Crippen molar-refractivity contribution in [2.45, 2.75) is 6.92 Å². The summed E-state index contributed by atoms with van der Waals surface area (Å²) in [6, 6.07) is 9.75. The molecule has 0 saturated carbocycles. The van der Waals surface area contributed by atoms with E-state index in [2.05, 4.69) is 0 Å². The standard InChI is InChI=1S/C14H11ClFNOS/c1-8-3-2-4-12(13(8)16)18-11-6-5-9(15)7-10(11)14(17)19/h2-7H,1H3,(H2,17,19). The van der Waals surface area contributed by atoms with E-state index < -0.39 is 5.82 Å². The normalized spacial score (nSPS) is 10.3. The van der Waals surface area contributed by atoms with Crippen LogP contribution in [0.1, 0.15) is 11.1 Å². The molecule has 0 fully saturated rings. The number of nitrogens with two attached hydrogens (primary N) is 1. The third kappa shape index (κ3) is 3.03. The molecular weight excluding hydrogens is 285 g/mol. The zero-order valence-electron chi connectivity index (χ0n) is 10.1. The van der Waals surface area contributed by atoms with E-state index in [-0.39, 0.29) is 10.7 Å². The minimum Gasteiger partial charge on any atom is -0.454 e. The maximum atomic E-state index is 13.9. The number of aryl methyl sites for hydroxylation is 1. The molecule has 2 aromatic rings. The topological polar surface area (TPSA) is 35.2 Å². The predicted octanol–water partition coefficient (Wildman–Crippen LogP) is 4.21. The van der Waals surface area contributed by atoms with E-state index in [9.17, 15) is 4.39 Å². The summed E-state index contributed by atoms with van der Waals surface area (Å²) in [6.07, 6.45) is 0. The number of hydrogen-bond donors (Lipinski definition) is 1. The number of benzene rings is 2. The lowest BCUT2D eigenvalue weighted by molar-refractivity contribution is 0.439. The Kier molecular flexibility index (Phi) is 4.02. The first-order chi connectivity index (χ1) is 8.99. The lowest BCUT2D eigenvalue weighted by Gasteiger charge is -2.12. The fourth-order valence-corrected chi connectivity index (χ4v) is 1.93. The maximum Gasteiger partial charge on any atom is 0.168 e. The van der Waals surface area contributed by atoms with Crippen LogP contribution in [0, 0.1) is 12.7 Å². The van der Waals surface area contributed by atoms with Gasteiger partial charge in [0.25, 0.3) is 0 Å². The van der Waals surface area contributed by atoms with Crippen molar-refractivity contribution < 1.29 is 9.13 Å². The second kappa shape index (κ2) is 5.55. The van der Waals surface area contributed by atoms with E-state index in [1.54, 1.807) is 43.3 Å². The van der Waals surface area contributed by atoms with Crippen LogP contribution in [0.3, 0.4) is 0 Å². The molecule has 2 rings (SSSR count). The van der Waals surface area contributed by atoms with Crippen molar-refractivity contribution in [1.82, 2.24) is 0 Å². The highest BCUT2D eigenvalue weighted by Crippen LogP contribution is 2.30. The van der Waals surface area contributed by atoms with Crippen LogP contribution in [0.4, 0.5) is 4.39 Å². The Labute approximate surface area is 120 Å². The molecule has 19 heavy (non-hydrogen) atoms. The summed E-state index contributed by atoms with van der Waals surface area (Å²) < 4.78 is 19.4. The lowest BCUT2D eigenvalue weighted by Crippen LogP contribution is -2.11. The van der Waals surface area contributed by atoms with Crippen molar-refractivity contribution in [2.75, 3.05) is 0 Å². The van der Waals surface area contributed by atoms with Crippen molar-refractivity contribution in [3.05, 3.63) is 58.4 Å². The van der Waals surface area contributed by atoms with E-state index >= 15 is 0 Å². The fraction of sp³-hybridized carbons (Fsp3) is 0.0714. The summed E-state index contributed by atoms with van der Waals surface area (Å²) in [5, 5.41) is 0.486. The SMILES string of the molecule is Cc1cccc(Oc2ccc(Cl)cc2C(N)=S)c1F. The molecule has 0 saturated heterocycles. The predicted molar refractivity (Wildman–Crippen MR) is 78.6 cm³/mol. The number of ether oxygens (including phenoxy) is 1. The first-order valence-corrected chi connectivity index (χ1v) is 6.30. The van der Waals surface area contributed by atoms with E-state index in [1.807, 2.05) is 0 Å². The molecule has 0 amide bonds. The van der Waals surface area contributed by atoms with Gasteiger partial charge in [0.05, 0.1) is 5.56 Å². The van der Waals surface area contributed by atoms with Crippen LogP contribution in [0.15, 0.2) is 36.4 Å². The highest BCUT2D eigenvalue weighted by atomic mass is 35.5. The molecule has 0 heterocycles. The van der Waals surface area contributed by atoms with Gasteiger partial charge in [-0.1, -0.05) is 36.0 Å². The summed E-state index contributed by atoms with van der Waals surface area (Å²) in [7, 11) is 0. The molecule has 2 N–H and O–H groups in total. The second-order valence-corrected chi connectivity index (χ2v) is 4.87. The molecule has 5 heteroatoms. The molecule has 2 nitrogen and oxygen atoms in total. The molecule has 0 aliphatic heterocycles. The average molecular weight is 296 g/mol. The molecule has 0 bridgehead atoms. The van der Waals surface area contributed by atoms with Crippen LogP contribution in [-0.4, -0.2) is 4.99 Å². The molecular formula is C14H11ClFNOS. The van der Waals surface area contributed by atoms with E-state index in [0.29, 0.717) is 21.9 Å². The van der Waals surface area contributed by atoms with Gasteiger partial charge in [-0.3, -0.25) is 0 Å². The lowest BCUT2D eigenvalue weighted by atomic mass is 10.2. The Morgan fingerprint density at radius 2 is 2.00 bits per heavy atom. The van der Waals surface area contributed by atoms with Gasteiger partial charge in [0.1, 0.15) is 10.7 Å². The maximum absolute atomic E-state index is 13.9. The van der Waals surface area contributed by atoms with Crippen LogP contribution >= 0.6 is 23.8 Å². The quantitative estimate of drug-likeness (QED) is 0.861. The molecule has 0 unspecified atom stereocenters. The van der Waals surface area contributed by atoms with E-state index in [0.717, 1.165) is 0 Å². The van der Waals surface area contributed by atoms with Gasteiger partial charge < -0.3 is 10.5 Å². The van der Waals surface area contributed by atoms with Crippen LogP contribution in [0.2, 0.25) is 5.02 Å². The molecule has 2 aromatic carbocycles. The number of halogens is 2. The van der Waals surface area contributed by atoms with Gasteiger partial charge in [-0.05, 0) is 36.8 Å². The highest BCUT2D eigenvalue weighted by Gasteiger charge is 2.12. The van der Waals surface area contributed by atoms with Crippen LogP contribution in [-0.2, 0) is 0 Å². The Bertz CT molecular complexity index is 645. The molecule has 0 atom stereocenters.